The van der Waals surface area contributed by atoms with Gasteiger partial charge in [-0.3, -0.25) is 9.13 Å². The summed E-state index contributed by atoms with van der Waals surface area (Å²) in [6.07, 6.45) is 3.96. The Morgan fingerprint density at radius 1 is 0.443 bits per heavy atom. The van der Waals surface area contributed by atoms with E-state index in [0.717, 1.165) is 55.8 Å². The summed E-state index contributed by atoms with van der Waals surface area (Å²) in [4.78, 5) is 6.66. The van der Waals surface area contributed by atoms with E-state index in [9.17, 15) is 0 Å². The van der Waals surface area contributed by atoms with Gasteiger partial charge >= 0.3 is 13.1 Å². The number of hydrogen-bond donors (Lipinski definition) is 0. The number of aromatic nitrogens is 3. The molecule has 5 heterocycles. The highest BCUT2D eigenvalue weighted by molar-refractivity contribution is 6.57. The standard InChI is InChI=1S/C54H34BFN5/c56-55-60-47-29-21-37(35-17-25-41(26-18-35)58-49-13-5-1-9-43(49)44-10-2-6-14-50(44)58)33-39(47)23-31-53(60)57-54-32-24-40-34-38(22-30-48(40)61(54)55)36-19-27-42(28-20-36)59-51-15-7-3-11-45(51)46-12-4-8-16-52(46)59/h1-34H/q+1. The first kappa shape index (κ1) is 33.9. The molecule has 0 N–H and O–H groups in total. The van der Waals surface area contributed by atoms with E-state index in [1.54, 1.807) is 9.29 Å². The maximum atomic E-state index is 17.1. The van der Waals surface area contributed by atoms with E-state index >= 15 is 4.32 Å². The minimum Gasteiger partial charge on any atom is -0.309 e. The summed E-state index contributed by atoms with van der Waals surface area (Å²) in [6.45, 7) is 0. The zero-order chi connectivity index (χ0) is 40.2. The van der Waals surface area contributed by atoms with Crippen molar-refractivity contribution >= 4 is 85.2 Å². The smallest absolute Gasteiger partial charge is 0.309 e. The normalized spacial score (nSPS) is 13.3. The van der Waals surface area contributed by atoms with Crippen molar-refractivity contribution < 1.29 is 8.79 Å². The van der Waals surface area contributed by atoms with E-state index in [2.05, 4.69) is 179 Å². The van der Waals surface area contributed by atoms with Crippen LogP contribution in [0.25, 0.3) is 94.2 Å². The van der Waals surface area contributed by atoms with Crippen molar-refractivity contribution in [1.29, 1.82) is 0 Å². The van der Waals surface area contributed by atoms with Crippen LogP contribution < -0.4 is 9.29 Å². The van der Waals surface area contributed by atoms with Gasteiger partial charge in [-0.1, -0.05) is 109 Å². The summed E-state index contributed by atoms with van der Waals surface area (Å²) in [7, 11) is -1.48. The van der Waals surface area contributed by atoms with E-state index in [0.29, 0.717) is 11.7 Å². The van der Waals surface area contributed by atoms with Gasteiger partial charge < -0.3 is 9.13 Å². The molecule has 0 saturated carbocycles. The Balaban J connectivity index is 0.809. The lowest BCUT2D eigenvalue weighted by Crippen LogP contribution is -2.64. The molecule has 0 unspecified atom stereocenters. The number of para-hydroxylation sites is 4. The van der Waals surface area contributed by atoms with Crippen LogP contribution in [0.5, 0.6) is 0 Å². The molecule has 7 heteroatoms. The predicted molar refractivity (Wildman–Crippen MR) is 251 cm³/mol. The van der Waals surface area contributed by atoms with E-state index < -0.39 is 7.26 Å². The number of amidine groups is 1. The highest BCUT2D eigenvalue weighted by Gasteiger charge is 2.47. The van der Waals surface area contributed by atoms with Crippen LogP contribution in [0.3, 0.4) is 0 Å². The molecule has 0 atom stereocenters. The molecule has 3 aromatic heterocycles. The number of hydrogen-bond acceptors (Lipinski definition) is 2. The topological polar surface area (TPSA) is 29.3 Å². The minimum atomic E-state index is -1.48. The van der Waals surface area contributed by atoms with E-state index in [1.807, 2.05) is 36.4 Å². The Hall–Kier alpha value is -8.03. The number of pyridine rings is 1. The van der Waals surface area contributed by atoms with Gasteiger partial charge in [0, 0.05) is 56.1 Å². The first-order valence-corrected chi connectivity index (χ1v) is 20.7. The monoisotopic (exact) mass is 782 g/mol. The first-order valence-electron chi connectivity index (χ1n) is 20.7. The Labute approximate surface area is 351 Å². The summed E-state index contributed by atoms with van der Waals surface area (Å²) in [5.74, 6) is 1.17. The molecule has 5 nitrogen and oxygen atoms in total. The van der Waals surface area contributed by atoms with Gasteiger partial charge in [0.15, 0.2) is 0 Å². The molecule has 61 heavy (non-hydrogen) atoms. The average Bonchev–Trinajstić information content (AvgIpc) is 3.84. The second kappa shape index (κ2) is 13.0. The summed E-state index contributed by atoms with van der Waals surface area (Å²) in [5, 5.41) is 5.92. The van der Waals surface area contributed by atoms with Gasteiger partial charge in [-0.15, -0.1) is 0 Å². The molecule has 2 aliphatic rings. The van der Waals surface area contributed by atoms with Crippen LogP contribution in [0.4, 0.5) is 15.8 Å². The Morgan fingerprint density at radius 3 is 1.46 bits per heavy atom. The Morgan fingerprint density at radius 2 is 0.918 bits per heavy atom. The number of anilines is 1. The molecule has 2 aliphatic heterocycles. The summed E-state index contributed by atoms with van der Waals surface area (Å²) < 4.78 is 23.5. The maximum Gasteiger partial charge on any atom is 0.727 e. The summed E-state index contributed by atoms with van der Waals surface area (Å²) >= 11 is 0. The minimum absolute atomic E-state index is 0.586. The fraction of sp³-hybridized carbons (Fsp3) is 0. The summed E-state index contributed by atoms with van der Waals surface area (Å²) in [6, 6.07) is 68.1. The van der Waals surface area contributed by atoms with E-state index in [1.165, 1.54) is 43.6 Å². The highest BCUT2D eigenvalue weighted by atomic mass is 19.1. The van der Waals surface area contributed by atoms with Crippen LogP contribution in [0.2, 0.25) is 0 Å². The van der Waals surface area contributed by atoms with Crippen LogP contribution in [-0.2, 0) is 0 Å². The van der Waals surface area contributed by atoms with Crippen molar-refractivity contribution in [1.82, 2.24) is 9.13 Å². The van der Waals surface area contributed by atoms with Crippen LogP contribution in [0, 0.1) is 0 Å². The second-order valence-electron chi connectivity index (χ2n) is 15.9. The van der Waals surface area contributed by atoms with Crippen LogP contribution in [0.15, 0.2) is 205 Å². The van der Waals surface area contributed by atoms with Crippen molar-refractivity contribution in [2.75, 3.05) is 4.81 Å². The Kier molecular flexibility index (Phi) is 7.22. The zero-order valence-electron chi connectivity index (χ0n) is 32.8. The lowest BCUT2D eigenvalue weighted by Gasteiger charge is -2.29. The lowest BCUT2D eigenvalue weighted by atomic mass is 9.89. The van der Waals surface area contributed by atoms with Gasteiger partial charge in [-0.05, 0) is 118 Å². The third kappa shape index (κ3) is 5.07. The molecule has 0 spiro atoms. The molecular formula is C54H34BFN5+. The van der Waals surface area contributed by atoms with E-state index in [-0.39, 0.29) is 0 Å². The fourth-order valence-electron chi connectivity index (χ4n) is 9.78. The van der Waals surface area contributed by atoms with Gasteiger partial charge in [0.25, 0.3) is 0 Å². The molecule has 13 rings (SSSR count). The van der Waals surface area contributed by atoms with Crippen molar-refractivity contribution in [2.24, 2.45) is 4.99 Å². The molecule has 0 amide bonds. The zero-order valence-corrected chi connectivity index (χ0v) is 32.8. The van der Waals surface area contributed by atoms with E-state index in [4.69, 9.17) is 4.99 Å². The fourth-order valence-corrected chi connectivity index (χ4v) is 9.78. The molecule has 0 bridgehead atoms. The van der Waals surface area contributed by atoms with Crippen LogP contribution in [-0.4, -0.2) is 22.2 Å². The predicted octanol–water partition coefficient (Wildman–Crippen LogP) is 13.0. The molecule has 284 valence electrons. The van der Waals surface area contributed by atoms with Crippen molar-refractivity contribution in [3.05, 3.63) is 206 Å². The molecule has 11 aromatic rings. The highest BCUT2D eigenvalue weighted by Crippen LogP contribution is 2.38. The van der Waals surface area contributed by atoms with Gasteiger partial charge in [-0.25, -0.2) is 4.48 Å². The van der Waals surface area contributed by atoms with Crippen molar-refractivity contribution in [3.8, 4) is 33.6 Å². The van der Waals surface area contributed by atoms with Gasteiger partial charge in [-0.2, -0.15) is 0 Å². The van der Waals surface area contributed by atoms with Gasteiger partial charge in [0.1, 0.15) is 5.52 Å². The molecule has 0 radical (unpaired) electrons. The van der Waals surface area contributed by atoms with Crippen LogP contribution in [0.1, 0.15) is 5.56 Å². The molecular weight excluding hydrogens is 748 g/mol. The summed E-state index contributed by atoms with van der Waals surface area (Å²) in [5.41, 5.74) is 13.8. The largest absolute Gasteiger partial charge is 0.727 e. The number of halogens is 1. The molecule has 0 fully saturated rings. The third-order valence-corrected chi connectivity index (χ3v) is 12.6. The number of fused-ring (bicyclic) bond motifs is 12. The first-order chi connectivity index (χ1) is 30.2. The van der Waals surface area contributed by atoms with Crippen molar-refractivity contribution in [3.63, 3.8) is 0 Å². The van der Waals surface area contributed by atoms with Gasteiger partial charge in [0.05, 0.1) is 22.1 Å². The quantitative estimate of drug-likeness (QED) is 0.164. The number of aliphatic imine (C=N–C) groups is 1. The molecule has 8 aromatic carbocycles. The second-order valence-corrected chi connectivity index (χ2v) is 15.9. The SMILES string of the molecule is FB1N2C(=Nc3ccc4cc(-c5ccc(-n6c7ccccc7c7ccccc76)cc5)ccc4[n+]31)C=Cc1cc(-c3ccc(-n4c5ccccc5c5ccccc54)cc3)ccc12. The van der Waals surface area contributed by atoms with Crippen molar-refractivity contribution in [2.45, 2.75) is 0 Å². The Bertz CT molecular complexity index is 3570. The molecule has 0 aliphatic carbocycles. The number of nitrogens with zero attached hydrogens (tertiary/aromatic N) is 5. The number of benzene rings is 8. The molecule has 0 saturated heterocycles. The third-order valence-electron chi connectivity index (χ3n) is 12.6. The lowest BCUT2D eigenvalue weighted by molar-refractivity contribution is -0.503. The van der Waals surface area contributed by atoms with Crippen LogP contribution >= 0.6 is 0 Å². The number of rotatable bonds is 4. The van der Waals surface area contributed by atoms with Gasteiger partial charge in [0.2, 0.25) is 5.84 Å². The average molecular weight is 783 g/mol. The maximum absolute atomic E-state index is 17.1.